The zero-order valence-electron chi connectivity index (χ0n) is 23.3. The third kappa shape index (κ3) is 4.95. The lowest BCUT2D eigenvalue weighted by atomic mass is 9.67. The van der Waals surface area contributed by atoms with Gasteiger partial charge < -0.3 is 24.2 Å². The number of hydrogen-bond acceptors (Lipinski definition) is 8. The molecule has 6 rings (SSSR count). The normalized spacial score (nSPS) is 26.2. The SMILES string of the molecule is C=CC(=O)N1CCN(c2nc(OC[C@@H]3CCCN3C)nc3c2CCC2(COCc4ccccc42)C3)C[C@@H]1CC#N. The fraction of sp³-hybridized carbons (Fsp3) is 0.548. The molecule has 0 saturated carbocycles. The first-order chi connectivity index (χ1) is 19.5. The average molecular weight is 543 g/mol. The molecule has 2 fully saturated rings. The van der Waals surface area contributed by atoms with Crippen molar-refractivity contribution in [2.24, 2.45) is 0 Å². The highest BCUT2D eigenvalue weighted by Crippen LogP contribution is 2.44. The highest BCUT2D eigenvalue weighted by atomic mass is 16.5. The van der Waals surface area contributed by atoms with Crippen molar-refractivity contribution >= 4 is 11.7 Å². The second kappa shape index (κ2) is 11.2. The summed E-state index contributed by atoms with van der Waals surface area (Å²) in [5.41, 5.74) is 4.68. The fourth-order valence-corrected chi connectivity index (χ4v) is 7.04. The van der Waals surface area contributed by atoms with Crippen molar-refractivity contribution in [3.8, 4) is 12.1 Å². The zero-order valence-corrected chi connectivity index (χ0v) is 23.3. The molecule has 2 saturated heterocycles. The summed E-state index contributed by atoms with van der Waals surface area (Å²) >= 11 is 0. The van der Waals surface area contributed by atoms with Crippen LogP contribution in [0.2, 0.25) is 0 Å². The van der Waals surface area contributed by atoms with Gasteiger partial charge in [0.05, 0.1) is 37.4 Å². The Labute approximate surface area is 236 Å². The van der Waals surface area contributed by atoms with Gasteiger partial charge in [0.1, 0.15) is 12.4 Å². The fourth-order valence-electron chi connectivity index (χ4n) is 7.04. The smallest absolute Gasteiger partial charge is 0.318 e. The number of amides is 1. The second-order valence-corrected chi connectivity index (χ2v) is 11.6. The van der Waals surface area contributed by atoms with Gasteiger partial charge in [0.15, 0.2) is 0 Å². The largest absolute Gasteiger partial charge is 0.462 e. The summed E-state index contributed by atoms with van der Waals surface area (Å²) in [6.07, 6.45) is 6.45. The first-order valence-corrected chi connectivity index (χ1v) is 14.5. The lowest BCUT2D eigenvalue weighted by Crippen LogP contribution is -2.55. The van der Waals surface area contributed by atoms with E-state index in [2.05, 4.69) is 53.8 Å². The van der Waals surface area contributed by atoms with Crippen LogP contribution in [0.1, 0.15) is 48.1 Å². The predicted molar refractivity (Wildman–Crippen MR) is 151 cm³/mol. The topological polar surface area (TPSA) is 94.8 Å². The Balaban J connectivity index is 1.34. The van der Waals surface area contributed by atoms with E-state index >= 15 is 0 Å². The molecule has 4 heterocycles. The van der Waals surface area contributed by atoms with Crippen molar-refractivity contribution < 1.29 is 14.3 Å². The number of rotatable bonds is 6. The lowest BCUT2D eigenvalue weighted by Gasteiger charge is -2.44. The van der Waals surface area contributed by atoms with E-state index in [-0.39, 0.29) is 23.8 Å². The summed E-state index contributed by atoms with van der Waals surface area (Å²) < 4.78 is 12.4. The highest BCUT2D eigenvalue weighted by Gasteiger charge is 2.43. The Bertz CT molecular complexity index is 1320. The number of nitrogens with zero attached hydrogens (tertiary/aromatic N) is 6. The number of likely N-dealkylation sites (N-methyl/N-ethyl adjacent to an activating group) is 1. The van der Waals surface area contributed by atoms with Crippen LogP contribution in [0, 0.1) is 11.3 Å². The summed E-state index contributed by atoms with van der Waals surface area (Å²) in [6, 6.07) is 11.4. The van der Waals surface area contributed by atoms with Gasteiger partial charge in [0.2, 0.25) is 5.91 Å². The van der Waals surface area contributed by atoms with Gasteiger partial charge in [-0.25, -0.2) is 0 Å². The molecule has 40 heavy (non-hydrogen) atoms. The maximum Gasteiger partial charge on any atom is 0.318 e. The quantitative estimate of drug-likeness (QED) is 0.514. The third-order valence-corrected chi connectivity index (χ3v) is 9.28. The van der Waals surface area contributed by atoms with Gasteiger partial charge in [-0.1, -0.05) is 30.8 Å². The summed E-state index contributed by atoms with van der Waals surface area (Å²) in [5.74, 6) is 0.750. The van der Waals surface area contributed by atoms with Crippen molar-refractivity contribution in [1.29, 1.82) is 5.26 Å². The molecule has 1 aromatic carbocycles. The highest BCUT2D eigenvalue weighted by molar-refractivity contribution is 5.87. The van der Waals surface area contributed by atoms with Gasteiger partial charge in [0, 0.05) is 43.1 Å². The van der Waals surface area contributed by atoms with Crippen LogP contribution in [0.4, 0.5) is 5.82 Å². The molecule has 9 heteroatoms. The van der Waals surface area contributed by atoms with Crippen LogP contribution in [0.3, 0.4) is 0 Å². The molecule has 1 aliphatic carbocycles. The molecule has 210 valence electrons. The maximum atomic E-state index is 12.5. The molecule has 4 aliphatic rings. The van der Waals surface area contributed by atoms with Crippen molar-refractivity contribution in [2.45, 2.75) is 62.6 Å². The Kier molecular flexibility index (Phi) is 7.47. The standard InChI is InChI=1S/C31H38N6O3/c1-3-28(38)37-16-15-36(18-23(37)11-13-32)29-25-10-12-31(21-39-19-22-7-4-5-9-26(22)31)17-27(25)33-30(34-29)40-20-24-8-6-14-35(24)2/h3-5,7,9,23-24H,1,6,8,10-12,14-21H2,2H3/t23-,24-,31?/m0/s1. The molecule has 3 aliphatic heterocycles. The number of nitriles is 1. The Morgan fingerprint density at radius 1 is 1.27 bits per heavy atom. The zero-order chi connectivity index (χ0) is 27.7. The number of hydrogen-bond donors (Lipinski definition) is 0. The molecule has 3 atom stereocenters. The van der Waals surface area contributed by atoms with Gasteiger partial charge in [-0.15, -0.1) is 0 Å². The summed E-state index contributed by atoms with van der Waals surface area (Å²) in [6.45, 7) is 8.32. The van der Waals surface area contributed by atoms with E-state index in [0.29, 0.717) is 51.5 Å². The molecule has 1 unspecified atom stereocenters. The molecule has 1 amide bonds. The second-order valence-electron chi connectivity index (χ2n) is 11.6. The van der Waals surface area contributed by atoms with Crippen molar-refractivity contribution in [1.82, 2.24) is 19.8 Å². The molecule has 0 radical (unpaired) electrons. The molecule has 1 spiro atoms. The van der Waals surface area contributed by atoms with E-state index in [1.165, 1.54) is 23.6 Å². The lowest BCUT2D eigenvalue weighted by molar-refractivity contribution is -0.128. The Morgan fingerprint density at radius 3 is 2.95 bits per heavy atom. The van der Waals surface area contributed by atoms with Crippen LogP contribution in [-0.4, -0.2) is 84.2 Å². The van der Waals surface area contributed by atoms with Crippen molar-refractivity contribution in [3.63, 3.8) is 0 Å². The van der Waals surface area contributed by atoms with Gasteiger partial charge in [-0.3, -0.25) is 4.79 Å². The number of carbonyl (C=O) groups is 1. The van der Waals surface area contributed by atoms with Crippen LogP contribution in [0.25, 0.3) is 0 Å². The number of anilines is 1. The minimum atomic E-state index is -0.222. The number of fused-ring (bicyclic) bond motifs is 3. The van der Waals surface area contributed by atoms with Gasteiger partial charge in [-0.2, -0.15) is 15.2 Å². The molecule has 1 aromatic heterocycles. The van der Waals surface area contributed by atoms with Crippen LogP contribution in [-0.2, 0) is 34.4 Å². The minimum Gasteiger partial charge on any atom is -0.462 e. The average Bonchev–Trinajstić information content (AvgIpc) is 3.40. The molecule has 0 N–H and O–H groups in total. The van der Waals surface area contributed by atoms with Crippen LogP contribution in [0.15, 0.2) is 36.9 Å². The molecular weight excluding hydrogens is 504 g/mol. The molecule has 9 nitrogen and oxygen atoms in total. The van der Waals surface area contributed by atoms with Gasteiger partial charge in [-0.05, 0) is 56.5 Å². The number of carbonyl (C=O) groups excluding carboxylic acids is 1. The first-order valence-electron chi connectivity index (χ1n) is 14.5. The minimum absolute atomic E-state index is 0.116. The first kappa shape index (κ1) is 26.7. The summed E-state index contributed by atoms with van der Waals surface area (Å²) in [7, 11) is 2.14. The van der Waals surface area contributed by atoms with E-state index in [0.717, 1.165) is 49.3 Å². The van der Waals surface area contributed by atoms with E-state index < -0.39 is 0 Å². The Hall–Kier alpha value is -3.48. The van der Waals surface area contributed by atoms with Crippen molar-refractivity contribution in [3.05, 3.63) is 59.3 Å². The number of likely N-dealkylation sites (tertiary alicyclic amines) is 1. The number of benzene rings is 1. The monoisotopic (exact) mass is 542 g/mol. The maximum absolute atomic E-state index is 12.5. The summed E-state index contributed by atoms with van der Waals surface area (Å²) in [5, 5.41) is 9.51. The van der Waals surface area contributed by atoms with Crippen LogP contribution < -0.4 is 9.64 Å². The molecule has 2 aromatic rings. The molecule has 0 bridgehead atoms. The van der Waals surface area contributed by atoms with E-state index in [1.807, 2.05) is 0 Å². The Morgan fingerprint density at radius 2 is 2.15 bits per heavy atom. The van der Waals surface area contributed by atoms with Crippen molar-refractivity contribution in [2.75, 3.05) is 51.3 Å². The van der Waals surface area contributed by atoms with Gasteiger partial charge >= 0.3 is 6.01 Å². The number of aromatic nitrogens is 2. The number of piperazine rings is 1. The van der Waals surface area contributed by atoms with E-state index in [1.54, 1.807) is 4.90 Å². The number of ether oxygens (including phenoxy) is 2. The van der Waals surface area contributed by atoms with Gasteiger partial charge in [0.25, 0.3) is 0 Å². The van der Waals surface area contributed by atoms with Crippen LogP contribution >= 0.6 is 0 Å². The van der Waals surface area contributed by atoms with E-state index in [4.69, 9.17) is 19.4 Å². The van der Waals surface area contributed by atoms with E-state index in [9.17, 15) is 10.1 Å². The summed E-state index contributed by atoms with van der Waals surface area (Å²) in [4.78, 5) is 28.9. The third-order valence-electron chi connectivity index (χ3n) is 9.28. The van der Waals surface area contributed by atoms with Crippen LogP contribution in [0.5, 0.6) is 6.01 Å². The molecular formula is C31H38N6O3. The predicted octanol–water partition coefficient (Wildman–Crippen LogP) is 3.02.